The molecule has 1 atom stereocenters. The van der Waals surface area contributed by atoms with E-state index in [1.807, 2.05) is 49.2 Å². The number of anilines is 3. The van der Waals surface area contributed by atoms with Crippen LogP contribution in [0.25, 0.3) is 22.2 Å². The van der Waals surface area contributed by atoms with E-state index in [9.17, 15) is 18.0 Å². The third-order valence-corrected chi connectivity index (χ3v) is 9.64. The number of hydrogen-bond acceptors (Lipinski definition) is 11. The van der Waals surface area contributed by atoms with Crippen molar-refractivity contribution in [2.45, 2.75) is 17.9 Å². The second kappa shape index (κ2) is 14.6. The average Bonchev–Trinajstić information content (AvgIpc) is 3.74. The van der Waals surface area contributed by atoms with E-state index in [4.69, 9.17) is 9.72 Å². The van der Waals surface area contributed by atoms with Crippen LogP contribution in [0.1, 0.15) is 17.3 Å². The molecule has 49 heavy (non-hydrogen) atoms. The van der Waals surface area contributed by atoms with Crippen molar-refractivity contribution in [1.82, 2.24) is 39.3 Å². The van der Waals surface area contributed by atoms with Crippen LogP contribution in [0.5, 0.6) is 5.88 Å². The third-order valence-electron chi connectivity index (χ3n) is 8.25. The van der Waals surface area contributed by atoms with Crippen LogP contribution in [0.3, 0.4) is 0 Å². The summed E-state index contributed by atoms with van der Waals surface area (Å²) < 4.78 is 31.1. The van der Waals surface area contributed by atoms with Crippen LogP contribution in [-0.2, 0) is 21.9 Å². The number of halogens is 1. The van der Waals surface area contributed by atoms with Gasteiger partial charge in [0.2, 0.25) is 11.9 Å². The van der Waals surface area contributed by atoms with Gasteiger partial charge < -0.3 is 25.3 Å². The van der Waals surface area contributed by atoms with Crippen molar-refractivity contribution in [3.63, 3.8) is 0 Å². The molecule has 0 spiro atoms. The van der Waals surface area contributed by atoms with Gasteiger partial charge in [-0.15, -0.1) is 17.5 Å². The maximum atomic E-state index is 13.1. The summed E-state index contributed by atoms with van der Waals surface area (Å²) in [5.74, 6) is 0.330. The Bertz CT molecular complexity index is 2090. The van der Waals surface area contributed by atoms with E-state index >= 15 is 0 Å². The summed E-state index contributed by atoms with van der Waals surface area (Å²) >= 11 is 0. The highest BCUT2D eigenvalue weighted by Crippen LogP contribution is 2.32. The molecule has 3 aromatic heterocycles. The number of aromatic nitrogens is 5. The lowest BCUT2D eigenvalue weighted by Crippen LogP contribution is -2.51. The van der Waals surface area contributed by atoms with Gasteiger partial charge >= 0.3 is 0 Å². The van der Waals surface area contributed by atoms with Crippen molar-refractivity contribution in [2.24, 2.45) is 7.05 Å². The molecule has 15 nitrogen and oxygen atoms in total. The van der Waals surface area contributed by atoms with Gasteiger partial charge in [-0.1, -0.05) is 24.3 Å². The largest absolute Gasteiger partial charge is 0.478 e. The third kappa shape index (κ3) is 7.51. The number of para-hydroxylation sites is 1. The zero-order valence-corrected chi connectivity index (χ0v) is 28.9. The first kappa shape index (κ1) is 35.3. The molecule has 4 N–H and O–H groups in total. The Kier molecular flexibility index (Phi) is 10.5. The number of aryl methyl sites for hydroxylation is 1. The van der Waals surface area contributed by atoms with Crippen molar-refractivity contribution >= 4 is 62.5 Å². The number of hydrogen-bond donors (Lipinski definition) is 4. The van der Waals surface area contributed by atoms with Gasteiger partial charge in [-0.05, 0) is 38.2 Å². The highest BCUT2D eigenvalue weighted by molar-refractivity contribution is 7.90. The number of methoxy groups -OCH3 is 1. The fourth-order valence-corrected chi connectivity index (χ4v) is 6.77. The summed E-state index contributed by atoms with van der Waals surface area (Å²) in [4.78, 5) is 41.0. The van der Waals surface area contributed by atoms with Crippen LogP contribution >= 0.6 is 12.4 Å². The van der Waals surface area contributed by atoms with Crippen molar-refractivity contribution in [1.29, 1.82) is 0 Å². The molecule has 1 unspecified atom stereocenters. The Morgan fingerprint density at radius 2 is 1.76 bits per heavy atom. The predicted octanol–water partition coefficient (Wildman–Crippen LogP) is 3.23. The molecule has 0 aliphatic carbocycles. The van der Waals surface area contributed by atoms with Crippen LogP contribution in [0.15, 0.2) is 72.0 Å². The van der Waals surface area contributed by atoms with E-state index in [1.54, 1.807) is 36.3 Å². The number of sulfonamides is 1. The van der Waals surface area contributed by atoms with E-state index in [0.29, 0.717) is 17.5 Å². The van der Waals surface area contributed by atoms with Crippen LogP contribution < -0.4 is 20.1 Å². The van der Waals surface area contributed by atoms with Crippen molar-refractivity contribution in [3.05, 3.63) is 72.7 Å². The number of nitrogens with zero attached hydrogens (tertiary/aromatic N) is 6. The Morgan fingerprint density at radius 1 is 1.00 bits per heavy atom. The van der Waals surface area contributed by atoms with Crippen LogP contribution in [0.4, 0.5) is 17.3 Å². The lowest BCUT2D eigenvalue weighted by molar-refractivity contribution is -0.121. The summed E-state index contributed by atoms with van der Waals surface area (Å²) in [6, 6.07) is 13.6. The van der Waals surface area contributed by atoms with Crippen LogP contribution in [0.2, 0.25) is 0 Å². The molecule has 0 bridgehead atoms. The Hall–Kier alpha value is -5.03. The minimum atomic E-state index is -3.55. The SMILES string of the molecule is COc1nn(C)cc1Nc1nccc(-c2c[nH]c3c(NC(=O)C(C)N4CCN(C)CC4)cccc23)n1.Cl.O=C1NS(=O)(=O)c2ccccc21. The number of fused-ring (bicyclic) bond motifs is 2. The number of benzene rings is 2. The quantitative estimate of drug-likeness (QED) is 0.195. The molecule has 258 valence electrons. The number of H-pyrrole nitrogens is 1. The van der Waals surface area contributed by atoms with Gasteiger partial charge in [-0.25, -0.2) is 23.1 Å². The number of aromatic amines is 1. The average molecular weight is 709 g/mol. The summed E-state index contributed by atoms with van der Waals surface area (Å²) in [6.45, 7) is 5.68. The number of nitrogens with one attached hydrogen (secondary N) is 4. The van der Waals surface area contributed by atoms with E-state index < -0.39 is 15.9 Å². The topological polar surface area (TPSA) is 179 Å². The first-order valence-corrected chi connectivity index (χ1v) is 16.7. The summed E-state index contributed by atoms with van der Waals surface area (Å²) in [5, 5.41) is 11.5. The smallest absolute Gasteiger partial charge is 0.266 e. The molecular formula is C32H37ClN10O5S. The maximum absolute atomic E-state index is 13.1. The van der Waals surface area contributed by atoms with Crippen molar-refractivity contribution in [3.8, 4) is 17.1 Å². The molecule has 0 radical (unpaired) electrons. The van der Waals surface area contributed by atoms with Crippen molar-refractivity contribution in [2.75, 3.05) is 51.0 Å². The lowest BCUT2D eigenvalue weighted by atomic mass is 10.1. The number of piperazine rings is 1. The number of likely N-dealkylation sites (N-methyl/N-ethyl adjacent to an activating group) is 1. The Labute approximate surface area is 289 Å². The normalized spacial score (nSPS) is 16.0. The van der Waals surface area contributed by atoms with E-state index in [-0.39, 0.29) is 34.8 Å². The van der Waals surface area contributed by atoms with E-state index in [0.717, 1.165) is 54.0 Å². The first-order valence-electron chi connectivity index (χ1n) is 15.2. The van der Waals surface area contributed by atoms with Gasteiger partial charge in [0.1, 0.15) is 10.6 Å². The zero-order valence-electron chi connectivity index (χ0n) is 27.3. The first-order chi connectivity index (χ1) is 23.0. The standard InChI is InChI=1S/C25H31N9O2.C7H5NO3S.ClH/c1-16(34-12-10-32(2)11-13-34)23(35)28-20-7-5-6-17-18(14-27-22(17)20)19-8-9-26-25(29-19)30-21-15-33(3)31-24(21)36-4;9-7-5-3-1-2-4-6(5)12(10,11)8-7;/h5-9,14-16,27H,10-13H2,1-4H3,(H,28,35)(H,26,29,30);1-4H,(H,8,9);1H. The molecule has 5 aromatic rings. The maximum Gasteiger partial charge on any atom is 0.266 e. The fourth-order valence-electron chi connectivity index (χ4n) is 5.60. The van der Waals surface area contributed by atoms with Gasteiger partial charge in [0.15, 0.2) is 0 Å². The molecule has 2 aromatic carbocycles. The van der Waals surface area contributed by atoms with Crippen LogP contribution in [0, 0.1) is 0 Å². The predicted molar refractivity (Wildman–Crippen MR) is 188 cm³/mol. The molecule has 1 saturated heterocycles. The van der Waals surface area contributed by atoms with Crippen LogP contribution in [-0.4, -0.2) is 101 Å². The monoisotopic (exact) mass is 708 g/mol. The number of ether oxygens (including phenoxy) is 1. The summed E-state index contributed by atoms with van der Waals surface area (Å²) in [7, 11) is 1.94. The number of amides is 2. The Balaban J connectivity index is 0.000000303. The van der Waals surface area contributed by atoms with E-state index in [1.165, 1.54) is 12.1 Å². The minimum absolute atomic E-state index is 0. The Morgan fingerprint density at radius 3 is 2.49 bits per heavy atom. The molecule has 0 saturated carbocycles. The molecule has 17 heteroatoms. The molecule has 7 rings (SSSR count). The second-order valence-corrected chi connectivity index (χ2v) is 13.1. The second-order valence-electron chi connectivity index (χ2n) is 11.5. The summed E-state index contributed by atoms with van der Waals surface area (Å²) in [6.07, 6.45) is 5.41. The molecular weight excluding hydrogens is 672 g/mol. The van der Waals surface area contributed by atoms with E-state index in [2.05, 4.69) is 42.5 Å². The van der Waals surface area contributed by atoms with Gasteiger partial charge in [-0.3, -0.25) is 19.2 Å². The van der Waals surface area contributed by atoms with Crippen molar-refractivity contribution < 1.29 is 22.7 Å². The molecule has 2 aliphatic heterocycles. The number of carbonyl (C=O) groups excluding carboxylic acids is 2. The number of carbonyl (C=O) groups is 2. The molecule has 1 fully saturated rings. The number of rotatable bonds is 7. The summed E-state index contributed by atoms with van der Waals surface area (Å²) in [5.41, 5.74) is 4.16. The molecule has 5 heterocycles. The fraction of sp³-hybridized carbons (Fsp3) is 0.281. The minimum Gasteiger partial charge on any atom is -0.478 e. The zero-order chi connectivity index (χ0) is 34.0. The molecule has 2 aliphatic rings. The van der Waals surface area contributed by atoms with Gasteiger partial charge in [-0.2, -0.15) is 0 Å². The van der Waals surface area contributed by atoms with Gasteiger partial charge in [0.25, 0.3) is 21.8 Å². The van der Waals surface area contributed by atoms with Gasteiger partial charge in [0, 0.05) is 56.6 Å². The molecule has 2 amide bonds. The van der Waals surface area contributed by atoms with Gasteiger partial charge in [0.05, 0.1) is 41.8 Å². The highest BCUT2D eigenvalue weighted by Gasteiger charge is 2.31. The lowest BCUT2D eigenvalue weighted by Gasteiger charge is -2.35. The highest BCUT2D eigenvalue weighted by atomic mass is 35.5.